The highest BCUT2D eigenvalue weighted by atomic mass is 35.5. The third-order valence-corrected chi connectivity index (χ3v) is 4.07. The SMILES string of the molecule is CCc1ccc(-c2nnn(CC(=O)Nc3cc(Cl)ccc3C)n2)cc1. The second-order valence-corrected chi connectivity index (χ2v) is 6.14. The number of nitrogens with zero attached hydrogens (tertiary/aromatic N) is 4. The first-order valence-corrected chi connectivity index (χ1v) is 8.36. The fourth-order valence-corrected chi connectivity index (χ4v) is 2.53. The van der Waals surface area contributed by atoms with Gasteiger partial charge in [0.25, 0.3) is 0 Å². The van der Waals surface area contributed by atoms with Crippen LogP contribution in [-0.2, 0) is 17.8 Å². The van der Waals surface area contributed by atoms with Gasteiger partial charge in [-0.15, -0.1) is 10.2 Å². The van der Waals surface area contributed by atoms with Gasteiger partial charge in [-0.1, -0.05) is 48.9 Å². The summed E-state index contributed by atoms with van der Waals surface area (Å²) < 4.78 is 0. The van der Waals surface area contributed by atoms with Gasteiger partial charge in [-0.25, -0.2) is 0 Å². The molecule has 1 aromatic heterocycles. The molecule has 0 aliphatic rings. The van der Waals surface area contributed by atoms with Crippen molar-refractivity contribution in [2.45, 2.75) is 26.8 Å². The summed E-state index contributed by atoms with van der Waals surface area (Å²) in [4.78, 5) is 13.5. The molecule has 0 aliphatic heterocycles. The van der Waals surface area contributed by atoms with Crippen molar-refractivity contribution in [2.24, 2.45) is 0 Å². The lowest BCUT2D eigenvalue weighted by Crippen LogP contribution is -2.21. The van der Waals surface area contributed by atoms with E-state index in [0.717, 1.165) is 17.5 Å². The Morgan fingerprint density at radius 3 is 2.68 bits per heavy atom. The fraction of sp³-hybridized carbons (Fsp3) is 0.222. The molecule has 0 spiro atoms. The second-order valence-electron chi connectivity index (χ2n) is 5.70. The summed E-state index contributed by atoms with van der Waals surface area (Å²) >= 11 is 5.96. The van der Waals surface area contributed by atoms with Gasteiger partial charge in [-0.3, -0.25) is 4.79 Å². The minimum atomic E-state index is -0.240. The normalized spacial score (nSPS) is 10.7. The van der Waals surface area contributed by atoms with Gasteiger partial charge in [-0.05, 0) is 41.8 Å². The minimum absolute atomic E-state index is 0.0218. The van der Waals surface area contributed by atoms with Crippen LogP contribution >= 0.6 is 11.6 Å². The Bertz CT molecular complexity index is 889. The molecule has 1 N–H and O–H groups in total. The molecule has 0 saturated carbocycles. The van der Waals surface area contributed by atoms with Crippen molar-refractivity contribution in [1.82, 2.24) is 20.2 Å². The van der Waals surface area contributed by atoms with Gasteiger partial charge >= 0.3 is 0 Å². The van der Waals surface area contributed by atoms with E-state index in [9.17, 15) is 4.79 Å². The van der Waals surface area contributed by atoms with E-state index in [1.54, 1.807) is 12.1 Å². The van der Waals surface area contributed by atoms with Crippen molar-refractivity contribution >= 4 is 23.2 Å². The van der Waals surface area contributed by atoms with E-state index in [2.05, 4.69) is 27.7 Å². The minimum Gasteiger partial charge on any atom is -0.324 e. The molecule has 6 nitrogen and oxygen atoms in total. The number of amides is 1. The third kappa shape index (κ3) is 4.22. The van der Waals surface area contributed by atoms with Gasteiger partial charge in [0.05, 0.1) is 0 Å². The number of carbonyl (C=O) groups is 1. The van der Waals surface area contributed by atoms with Crippen molar-refractivity contribution < 1.29 is 4.79 Å². The number of aromatic nitrogens is 4. The molecular weight excluding hydrogens is 338 g/mol. The van der Waals surface area contributed by atoms with Crippen molar-refractivity contribution in [3.63, 3.8) is 0 Å². The Labute approximate surface area is 150 Å². The predicted molar refractivity (Wildman–Crippen MR) is 97.4 cm³/mol. The van der Waals surface area contributed by atoms with Crippen LogP contribution in [0.5, 0.6) is 0 Å². The number of halogens is 1. The van der Waals surface area contributed by atoms with Crippen LogP contribution in [0.15, 0.2) is 42.5 Å². The summed E-state index contributed by atoms with van der Waals surface area (Å²) in [6.45, 7) is 3.98. The highest BCUT2D eigenvalue weighted by Gasteiger charge is 2.11. The van der Waals surface area contributed by atoms with E-state index in [0.29, 0.717) is 16.5 Å². The van der Waals surface area contributed by atoms with Crippen LogP contribution in [-0.4, -0.2) is 26.1 Å². The van der Waals surface area contributed by atoms with Crippen LogP contribution in [0.25, 0.3) is 11.4 Å². The summed E-state index contributed by atoms with van der Waals surface area (Å²) in [5.74, 6) is 0.255. The first-order chi connectivity index (χ1) is 12.0. The number of anilines is 1. The number of carbonyl (C=O) groups excluding carboxylic acids is 1. The van der Waals surface area contributed by atoms with E-state index < -0.39 is 0 Å². The molecule has 0 atom stereocenters. The predicted octanol–water partition coefficient (Wildman–Crippen LogP) is 3.50. The molecule has 2 aromatic carbocycles. The van der Waals surface area contributed by atoms with E-state index in [-0.39, 0.29) is 12.5 Å². The molecular formula is C18H18ClN5O. The smallest absolute Gasteiger partial charge is 0.248 e. The summed E-state index contributed by atoms with van der Waals surface area (Å²) in [5.41, 5.74) is 3.72. The van der Waals surface area contributed by atoms with Crippen LogP contribution in [0.2, 0.25) is 5.02 Å². The van der Waals surface area contributed by atoms with E-state index in [1.807, 2.05) is 37.3 Å². The van der Waals surface area contributed by atoms with E-state index >= 15 is 0 Å². The van der Waals surface area contributed by atoms with Crippen LogP contribution in [0, 0.1) is 6.92 Å². The average molecular weight is 356 g/mol. The van der Waals surface area contributed by atoms with Crippen LogP contribution in [0.4, 0.5) is 5.69 Å². The van der Waals surface area contributed by atoms with Gasteiger partial charge in [0, 0.05) is 16.3 Å². The van der Waals surface area contributed by atoms with Crippen LogP contribution in [0.1, 0.15) is 18.1 Å². The Morgan fingerprint density at radius 1 is 1.20 bits per heavy atom. The first kappa shape index (κ1) is 17.1. The van der Waals surface area contributed by atoms with Crippen molar-refractivity contribution in [1.29, 1.82) is 0 Å². The molecule has 0 aliphatic carbocycles. The maximum Gasteiger partial charge on any atom is 0.248 e. The quantitative estimate of drug-likeness (QED) is 0.760. The lowest BCUT2D eigenvalue weighted by molar-refractivity contribution is -0.117. The topological polar surface area (TPSA) is 72.7 Å². The Hall–Kier alpha value is -2.73. The average Bonchev–Trinajstić information content (AvgIpc) is 3.06. The van der Waals surface area contributed by atoms with Gasteiger partial charge in [0.1, 0.15) is 6.54 Å². The zero-order valence-electron chi connectivity index (χ0n) is 14.0. The summed E-state index contributed by atoms with van der Waals surface area (Å²) in [6.07, 6.45) is 0.976. The Morgan fingerprint density at radius 2 is 1.96 bits per heavy atom. The number of hydrogen-bond acceptors (Lipinski definition) is 4. The molecule has 25 heavy (non-hydrogen) atoms. The summed E-state index contributed by atoms with van der Waals surface area (Å²) in [5, 5.41) is 15.6. The highest BCUT2D eigenvalue weighted by molar-refractivity contribution is 6.31. The maximum absolute atomic E-state index is 12.2. The highest BCUT2D eigenvalue weighted by Crippen LogP contribution is 2.20. The third-order valence-electron chi connectivity index (χ3n) is 3.83. The lowest BCUT2D eigenvalue weighted by Gasteiger charge is -2.08. The Balaban J connectivity index is 1.68. The number of aryl methyl sites for hydroxylation is 2. The van der Waals surface area contributed by atoms with Crippen LogP contribution < -0.4 is 5.32 Å². The molecule has 3 rings (SSSR count). The lowest BCUT2D eigenvalue weighted by atomic mass is 10.1. The maximum atomic E-state index is 12.2. The second kappa shape index (κ2) is 7.44. The number of benzene rings is 2. The van der Waals surface area contributed by atoms with E-state index in [4.69, 9.17) is 11.6 Å². The molecule has 0 saturated heterocycles. The molecule has 1 amide bonds. The number of nitrogens with one attached hydrogen (secondary N) is 1. The number of tetrazole rings is 1. The number of hydrogen-bond donors (Lipinski definition) is 1. The molecule has 0 unspecified atom stereocenters. The zero-order valence-corrected chi connectivity index (χ0v) is 14.8. The summed E-state index contributed by atoms with van der Waals surface area (Å²) in [6, 6.07) is 13.3. The standard InChI is InChI=1S/C18H18ClN5O/c1-3-13-5-7-14(8-6-13)18-21-23-24(22-18)11-17(25)20-16-10-15(19)9-4-12(16)2/h4-10H,3,11H2,1-2H3,(H,20,25). The first-order valence-electron chi connectivity index (χ1n) is 7.98. The van der Waals surface area contributed by atoms with Gasteiger partial charge < -0.3 is 5.32 Å². The van der Waals surface area contributed by atoms with Gasteiger partial charge in [0.15, 0.2) is 0 Å². The summed E-state index contributed by atoms with van der Waals surface area (Å²) in [7, 11) is 0. The zero-order chi connectivity index (χ0) is 17.8. The molecule has 0 bridgehead atoms. The number of rotatable bonds is 5. The monoisotopic (exact) mass is 355 g/mol. The Kier molecular flexibility index (Phi) is 5.09. The van der Waals surface area contributed by atoms with Gasteiger partial charge in [0.2, 0.25) is 11.7 Å². The van der Waals surface area contributed by atoms with Crippen molar-refractivity contribution in [2.75, 3.05) is 5.32 Å². The van der Waals surface area contributed by atoms with Gasteiger partial charge in [-0.2, -0.15) is 4.80 Å². The molecule has 0 radical (unpaired) electrons. The fourth-order valence-electron chi connectivity index (χ4n) is 2.36. The van der Waals surface area contributed by atoms with Crippen LogP contribution in [0.3, 0.4) is 0 Å². The molecule has 7 heteroatoms. The molecule has 0 fully saturated rings. The van der Waals surface area contributed by atoms with Crippen molar-refractivity contribution in [3.8, 4) is 11.4 Å². The molecule has 3 aromatic rings. The van der Waals surface area contributed by atoms with Crippen molar-refractivity contribution in [3.05, 3.63) is 58.6 Å². The molecule has 128 valence electrons. The van der Waals surface area contributed by atoms with E-state index in [1.165, 1.54) is 10.4 Å². The largest absolute Gasteiger partial charge is 0.324 e. The molecule has 1 heterocycles.